The number of hydrogen-bond donors (Lipinski definition) is 0. The van der Waals surface area contributed by atoms with Crippen molar-refractivity contribution in [3.05, 3.63) is 36.0 Å². The molecule has 2 aromatic rings. The van der Waals surface area contributed by atoms with Crippen LogP contribution in [-0.4, -0.2) is 36.8 Å². The molecule has 1 fully saturated rings. The Morgan fingerprint density at radius 2 is 2.26 bits per heavy atom. The second-order valence-electron chi connectivity index (χ2n) is 7.05. The average molecular weight is 377 g/mol. The maximum atomic E-state index is 13.4. The van der Waals surface area contributed by atoms with Crippen LogP contribution in [0.1, 0.15) is 29.6 Å². The van der Waals surface area contributed by atoms with Gasteiger partial charge in [-0.25, -0.2) is 13.6 Å². The van der Waals surface area contributed by atoms with Crippen LogP contribution in [0.25, 0.3) is 11.3 Å². The minimum Gasteiger partial charge on any atom is -0.492 e. The van der Waals surface area contributed by atoms with Gasteiger partial charge in [0.15, 0.2) is 0 Å². The molecule has 1 unspecified atom stereocenters. The first kappa shape index (κ1) is 17.8. The zero-order chi connectivity index (χ0) is 19.0. The van der Waals surface area contributed by atoms with Gasteiger partial charge in [0.2, 0.25) is 5.92 Å². The van der Waals surface area contributed by atoms with Gasteiger partial charge in [-0.2, -0.15) is 0 Å². The van der Waals surface area contributed by atoms with E-state index in [-0.39, 0.29) is 25.4 Å². The van der Waals surface area contributed by atoms with Crippen LogP contribution in [0.3, 0.4) is 0 Å². The lowest BCUT2D eigenvalue weighted by atomic mass is 10.1. The number of benzene rings is 1. The molecular weight excluding hydrogens is 356 g/mol. The molecular formula is C20H21F2NO4. The molecule has 0 saturated heterocycles. The molecule has 0 amide bonds. The summed E-state index contributed by atoms with van der Waals surface area (Å²) in [6.45, 7) is 1.26. The molecule has 0 spiro atoms. The molecule has 1 aromatic carbocycles. The Bertz CT molecular complexity index is 862. The fourth-order valence-corrected chi connectivity index (χ4v) is 3.78. The smallest absolute Gasteiger partial charge is 0.339 e. The van der Waals surface area contributed by atoms with Crippen LogP contribution < -0.4 is 9.47 Å². The van der Waals surface area contributed by atoms with E-state index in [2.05, 4.69) is 0 Å². The zero-order valence-electron chi connectivity index (χ0n) is 15.0. The van der Waals surface area contributed by atoms with Gasteiger partial charge in [0.05, 0.1) is 37.1 Å². The van der Waals surface area contributed by atoms with E-state index < -0.39 is 11.9 Å². The van der Waals surface area contributed by atoms with E-state index >= 15 is 0 Å². The van der Waals surface area contributed by atoms with Crippen molar-refractivity contribution in [1.29, 1.82) is 0 Å². The van der Waals surface area contributed by atoms with Crippen LogP contribution in [0.4, 0.5) is 8.78 Å². The summed E-state index contributed by atoms with van der Waals surface area (Å²) in [6.07, 6.45) is 1.97. The quantitative estimate of drug-likeness (QED) is 0.751. The Labute approximate surface area is 155 Å². The van der Waals surface area contributed by atoms with Crippen LogP contribution in [-0.2, 0) is 11.3 Å². The van der Waals surface area contributed by atoms with Gasteiger partial charge in [0.25, 0.3) is 0 Å². The molecule has 1 aliphatic carbocycles. The first-order chi connectivity index (χ1) is 13.0. The predicted octanol–water partition coefficient (Wildman–Crippen LogP) is 4.15. The zero-order valence-corrected chi connectivity index (χ0v) is 15.0. The number of esters is 1. The largest absolute Gasteiger partial charge is 0.492 e. The van der Waals surface area contributed by atoms with E-state index in [1.165, 1.54) is 7.11 Å². The summed E-state index contributed by atoms with van der Waals surface area (Å²) >= 11 is 0. The van der Waals surface area contributed by atoms with Gasteiger partial charge < -0.3 is 18.8 Å². The summed E-state index contributed by atoms with van der Waals surface area (Å²) < 4.78 is 45.4. The standard InChI is InChI=1S/C20H21F2NO4/c1-25-19(24)14-9-15-18-16(26-8-7-23(15)11-14)3-2-4-17(18)27-12-13-5-6-20(21,22)10-13/h2-4,9,11,13H,5-8,10,12H2,1H3. The Kier molecular flexibility index (Phi) is 4.53. The van der Waals surface area contributed by atoms with Crippen molar-refractivity contribution >= 4 is 5.97 Å². The van der Waals surface area contributed by atoms with Crippen molar-refractivity contribution in [2.75, 3.05) is 20.3 Å². The number of ether oxygens (including phenoxy) is 3. The van der Waals surface area contributed by atoms with Gasteiger partial charge in [0, 0.05) is 19.0 Å². The van der Waals surface area contributed by atoms with Crippen LogP contribution in [0.15, 0.2) is 30.5 Å². The number of halogens is 2. The second-order valence-corrected chi connectivity index (χ2v) is 7.05. The van der Waals surface area contributed by atoms with Gasteiger partial charge in [-0.3, -0.25) is 0 Å². The van der Waals surface area contributed by atoms with E-state index in [0.717, 1.165) is 11.3 Å². The molecule has 0 bridgehead atoms. The molecule has 4 rings (SSSR count). The number of carbonyl (C=O) groups excluding carboxylic acids is 1. The molecule has 0 N–H and O–H groups in total. The molecule has 1 atom stereocenters. The van der Waals surface area contributed by atoms with E-state index in [4.69, 9.17) is 14.2 Å². The first-order valence-corrected chi connectivity index (χ1v) is 9.02. The molecule has 27 heavy (non-hydrogen) atoms. The van der Waals surface area contributed by atoms with E-state index in [1.54, 1.807) is 18.3 Å². The average Bonchev–Trinajstić information content (AvgIpc) is 3.17. The maximum Gasteiger partial charge on any atom is 0.339 e. The van der Waals surface area contributed by atoms with E-state index in [1.807, 2.05) is 16.7 Å². The highest BCUT2D eigenvalue weighted by molar-refractivity contribution is 5.92. The molecule has 0 radical (unpaired) electrons. The van der Waals surface area contributed by atoms with Crippen molar-refractivity contribution in [1.82, 2.24) is 4.57 Å². The molecule has 1 aliphatic heterocycles. The van der Waals surface area contributed by atoms with Crippen LogP contribution >= 0.6 is 0 Å². The summed E-state index contributed by atoms with van der Waals surface area (Å²) in [4.78, 5) is 11.9. The fourth-order valence-electron chi connectivity index (χ4n) is 3.78. The van der Waals surface area contributed by atoms with Crippen molar-refractivity contribution in [3.8, 4) is 22.8 Å². The van der Waals surface area contributed by atoms with Crippen molar-refractivity contribution in [2.45, 2.75) is 31.7 Å². The van der Waals surface area contributed by atoms with Gasteiger partial charge in [-0.1, -0.05) is 6.07 Å². The van der Waals surface area contributed by atoms with Crippen molar-refractivity contribution < 1.29 is 27.8 Å². The van der Waals surface area contributed by atoms with Crippen LogP contribution in [0, 0.1) is 5.92 Å². The Balaban J connectivity index is 1.64. The first-order valence-electron chi connectivity index (χ1n) is 9.02. The number of nitrogens with zero attached hydrogens (tertiary/aromatic N) is 1. The number of fused-ring (bicyclic) bond motifs is 3. The minimum atomic E-state index is -2.59. The number of aromatic nitrogens is 1. The highest BCUT2D eigenvalue weighted by atomic mass is 19.3. The van der Waals surface area contributed by atoms with Gasteiger partial charge in [-0.05, 0) is 30.5 Å². The molecule has 144 valence electrons. The second kappa shape index (κ2) is 6.87. The lowest BCUT2D eigenvalue weighted by Gasteiger charge is -2.16. The molecule has 1 saturated carbocycles. The fraction of sp³-hybridized carbons (Fsp3) is 0.450. The number of rotatable bonds is 4. The lowest BCUT2D eigenvalue weighted by Crippen LogP contribution is -2.14. The normalized spacial score (nSPS) is 20.2. The third-order valence-electron chi connectivity index (χ3n) is 5.13. The number of carbonyl (C=O) groups is 1. The van der Waals surface area contributed by atoms with Crippen molar-refractivity contribution in [2.24, 2.45) is 5.92 Å². The van der Waals surface area contributed by atoms with Gasteiger partial charge in [0.1, 0.15) is 18.1 Å². The summed E-state index contributed by atoms with van der Waals surface area (Å²) in [5, 5.41) is 0. The SMILES string of the molecule is COC(=O)c1cc2n(c1)CCOc1cccc(OCC3CCC(F)(F)C3)c1-2. The third kappa shape index (κ3) is 3.50. The van der Waals surface area contributed by atoms with Gasteiger partial charge >= 0.3 is 5.97 Å². The summed E-state index contributed by atoms with van der Waals surface area (Å²) in [5.74, 6) is -1.95. The summed E-state index contributed by atoms with van der Waals surface area (Å²) in [6, 6.07) is 7.20. The highest BCUT2D eigenvalue weighted by Gasteiger charge is 2.39. The molecule has 2 heterocycles. The molecule has 7 heteroatoms. The number of methoxy groups -OCH3 is 1. The third-order valence-corrected chi connectivity index (χ3v) is 5.13. The maximum absolute atomic E-state index is 13.4. The summed E-state index contributed by atoms with van der Waals surface area (Å²) in [7, 11) is 1.34. The minimum absolute atomic E-state index is 0.0810. The lowest BCUT2D eigenvalue weighted by molar-refractivity contribution is 0.00291. The monoisotopic (exact) mass is 377 g/mol. The molecule has 1 aromatic heterocycles. The van der Waals surface area contributed by atoms with E-state index in [0.29, 0.717) is 36.6 Å². The molecule has 5 nitrogen and oxygen atoms in total. The Hall–Kier alpha value is -2.57. The predicted molar refractivity (Wildman–Crippen MR) is 94.5 cm³/mol. The van der Waals surface area contributed by atoms with Crippen LogP contribution in [0.2, 0.25) is 0 Å². The van der Waals surface area contributed by atoms with Crippen molar-refractivity contribution in [3.63, 3.8) is 0 Å². The Morgan fingerprint density at radius 3 is 3.00 bits per heavy atom. The topological polar surface area (TPSA) is 49.7 Å². The van der Waals surface area contributed by atoms with Crippen LogP contribution in [0.5, 0.6) is 11.5 Å². The molecule has 2 aliphatic rings. The highest BCUT2D eigenvalue weighted by Crippen LogP contribution is 2.43. The van der Waals surface area contributed by atoms with E-state index in [9.17, 15) is 13.6 Å². The van der Waals surface area contributed by atoms with Gasteiger partial charge in [-0.15, -0.1) is 0 Å². The summed E-state index contributed by atoms with van der Waals surface area (Å²) in [5.41, 5.74) is 1.97. The Morgan fingerprint density at radius 1 is 1.41 bits per heavy atom. The number of hydrogen-bond acceptors (Lipinski definition) is 4. The number of alkyl halides is 2.